The van der Waals surface area contributed by atoms with Crippen LogP contribution in [-0.2, 0) is 9.59 Å². The first-order valence-corrected chi connectivity index (χ1v) is 13.0. The number of carbonyl (C=O) groups excluding carboxylic acids is 3. The highest BCUT2D eigenvalue weighted by Crippen LogP contribution is 2.42. The number of hydrogen-bond acceptors (Lipinski definition) is 4. The van der Waals surface area contributed by atoms with Crippen LogP contribution in [0.2, 0.25) is 0 Å². The minimum Gasteiger partial charge on any atom is -0.355 e. The number of thioether (sulfide) groups is 1. The quantitative estimate of drug-likeness (QED) is 0.302. The van der Waals surface area contributed by atoms with Gasteiger partial charge in [-0.25, -0.2) is 0 Å². The minimum atomic E-state index is -0.0194. The van der Waals surface area contributed by atoms with E-state index in [4.69, 9.17) is 0 Å². The Morgan fingerprint density at radius 3 is 2.59 bits per heavy atom. The van der Waals surface area contributed by atoms with Crippen molar-refractivity contribution in [1.82, 2.24) is 10.2 Å². The van der Waals surface area contributed by atoms with E-state index in [-0.39, 0.29) is 17.6 Å². The van der Waals surface area contributed by atoms with Crippen molar-refractivity contribution < 1.29 is 14.4 Å². The highest BCUT2D eigenvalue weighted by molar-refractivity contribution is 8.00. The van der Waals surface area contributed by atoms with Gasteiger partial charge in [0.1, 0.15) is 0 Å². The van der Waals surface area contributed by atoms with Crippen molar-refractivity contribution in [3.05, 3.63) is 65.7 Å². The Morgan fingerprint density at radius 1 is 0.882 bits per heavy atom. The van der Waals surface area contributed by atoms with E-state index in [0.29, 0.717) is 25.3 Å². The van der Waals surface area contributed by atoms with Gasteiger partial charge < -0.3 is 10.2 Å². The average molecular weight is 473 g/mol. The Labute approximate surface area is 203 Å². The van der Waals surface area contributed by atoms with Gasteiger partial charge in [0, 0.05) is 47.5 Å². The molecule has 1 N–H and O–H groups in total. The molecule has 3 aromatic rings. The summed E-state index contributed by atoms with van der Waals surface area (Å²) in [7, 11) is 0. The van der Waals surface area contributed by atoms with Crippen molar-refractivity contribution in [2.75, 3.05) is 25.4 Å². The largest absolute Gasteiger partial charge is 0.355 e. The van der Waals surface area contributed by atoms with Crippen molar-refractivity contribution in [1.29, 1.82) is 0 Å². The summed E-state index contributed by atoms with van der Waals surface area (Å²) < 4.78 is 0. The molecule has 1 aliphatic carbocycles. The van der Waals surface area contributed by atoms with Crippen LogP contribution in [-0.4, -0.2) is 47.9 Å². The standard InChI is InChI=1S/C28H28N2O3S/c31-25(29-15-7-17-30-16-5-1-2-12-26(30)32)18-34-24-14-13-20-19-8-3-4-9-21(19)28(33)23-11-6-10-22(24)27(20)23/h3-4,6,8-11,13-14H,1-2,5,7,12,15-18H2,(H,29,31). The van der Waals surface area contributed by atoms with Crippen LogP contribution in [0.5, 0.6) is 0 Å². The van der Waals surface area contributed by atoms with Crippen LogP contribution in [0.25, 0.3) is 21.9 Å². The fourth-order valence-electron chi connectivity index (χ4n) is 4.95. The molecular weight excluding hydrogens is 444 g/mol. The predicted octanol–water partition coefficient (Wildman–Crippen LogP) is 5.05. The lowest BCUT2D eigenvalue weighted by Gasteiger charge is -2.21. The number of amides is 2. The Hall–Kier alpha value is -3.12. The highest BCUT2D eigenvalue weighted by Gasteiger charge is 2.25. The summed E-state index contributed by atoms with van der Waals surface area (Å²) in [5.74, 6) is 0.584. The topological polar surface area (TPSA) is 66.5 Å². The second kappa shape index (κ2) is 10.0. The second-order valence-electron chi connectivity index (χ2n) is 8.90. The van der Waals surface area contributed by atoms with Crippen LogP contribution in [0.1, 0.15) is 48.0 Å². The summed E-state index contributed by atoms with van der Waals surface area (Å²) in [6.07, 6.45) is 4.59. The molecule has 6 heteroatoms. The van der Waals surface area contributed by atoms with Gasteiger partial charge in [-0.05, 0) is 41.8 Å². The van der Waals surface area contributed by atoms with Crippen molar-refractivity contribution in [2.45, 2.75) is 37.0 Å². The number of benzene rings is 3. The summed E-state index contributed by atoms with van der Waals surface area (Å²) in [4.78, 5) is 40.6. The monoisotopic (exact) mass is 472 g/mol. The Bertz CT molecular complexity index is 1270. The summed E-state index contributed by atoms with van der Waals surface area (Å²) in [6.45, 7) is 2.11. The second-order valence-corrected chi connectivity index (χ2v) is 9.91. The normalized spacial score (nSPS) is 15.2. The molecule has 1 saturated heterocycles. The average Bonchev–Trinajstić information content (AvgIpc) is 3.07. The SMILES string of the molecule is O=C(CSc1ccc2c3c(cccc13)C(=O)c1ccccc1-2)NCCCN1CCCCCC1=O. The fourth-order valence-corrected chi connectivity index (χ4v) is 5.83. The van der Waals surface area contributed by atoms with Gasteiger partial charge in [-0.1, -0.05) is 55.0 Å². The van der Waals surface area contributed by atoms with E-state index in [2.05, 4.69) is 17.4 Å². The van der Waals surface area contributed by atoms with E-state index in [1.165, 1.54) is 11.8 Å². The summed E-state index contributed by atoms with van der Waals surface area (Å²) in [5.41, 5.74) is 3.50. The third-order valence-electron chi connectivity index (χ3n) is 6.66. The molecule has 2 amide bonds. The van der Waals surface area contributed by atoms with Crippen molar-refractivity contribution in [3.63, 3.8) is 0 Å². The molecule has 0 bridgehead atoms. The molecule has 1 aliphatic heterocycles. The molecule has 0 aromatic heterocycles. The van der Waals surface area contributed by atoms with Crippen LogP contribution in [0.3, 0.4) is 0 Å². The maximum absolute atomic E-state index is 13.1. The van der Waals surface area contributed by atoms with Crippen LogP contribution in [0, 0.1) is 0 Å². The Morgan fingerprint density at radius 2 is 1.71 bits per heavy atom. The molecule has 0 radical (unpaired) electrons. The Kier molecular flexibility index (Phi) is 6.68. The molecule has 34 heavy (non-hydrogen) atoms. The van der Waals surface area contributed by atoms with Crippen LogP contribution < -0.4 is 5.32 Å². The lowest BCUT2D eigenvalue weighted by molar-refractivity contribution is -0.130. The fraction of sp³-hybridized carbons (Fsp3) is 0.321. The van der Waals surface area contributed by atoms with Crippen molar-refractivity contribution >= 4 is 40.1 Å². The first-order chi connectivity index (χ1) is 16.6. The number of hydrogen-bond donors (Lipinski definition) is 1. The first kappa shape index (κ1) is 22.7. The van der Waals surface area contributed by atoms with Crippen LogP contribution in [0.15, 0.2) is 59.5 Å². The number of carbonyl (C=O) groups is 3. The molecule has 1 fully saturated rings. The van der Waals surface area contributed by atoms with Crippen molar-refractivity contribution in [3.8, 4) is 11.1 Å². The smallest absolute Gasteiger partial charge is 0.230 e. The molecule has 0 unspecified atom stereocenters. The Balaban J connectivity index is 1.22. The van der Waals surface area contributed by atoms with Crippen LogP contribution >= 0.6 is 11.8 Å². The van der Waals surface area contributed by atoms with Gasteiger partial charge in [-0.2, -0.15) is 0 Å². The maximum atomic E-state index is 13.1. The van der Waals surface area contributed by atoms with E-state index in [1.54, 1.807) is 0 Å². The zero-order valence-corrected chi connectivity index (χ0v) is 20.0. The van der Waals surface area contributed by atoms with E-state index < -0.39 is 0 Å². The van der Waals surface area contributed by atoms with E-state index in [1.807, 2.05) is 47.4 Å². The number of nitrogens with one attached hydrogen (secondary N) is 1. The van der Waals surface area contributed by atoms with Crippen molar-refractivity contribution in [2.24, 2.45) is 0 Å². The van der Waals surface area contributed by atoms with Gasteiger partial charge in [-0.15, -0.1) is 11.8 Å². The number of rotatable bonds is 7. The number of likely N-dealkylation sites (tertiary alicyclic amines) is 1. The molecule has 3 aromatic carbocycles. The molecular formula is C28H28N2O3S. The molecule has 1 heterocycles. The summed E-state index contributed by atoms with van der Waals surface area (Å²) >= 11 is 1.49. The van der Waals surface area contributed by atoms with Gasteiger partial charge in [-0.3, -0.25) is 14.4 Å². The lowest BCUT2D eigenvalue weighted by atomic mass is 9.83. The highest BCUT2D eigenvalue weighted by atomic mass is 32.2. The minimum absolute atomic E-state index is 0.0194. The molecule has 174 valence electrons. The van der Waals surface area contributed by atoms with E-state index in [0.717, 1.165) is 70.1 Å². The molecule has 0 saturated carbocycles. The summed E-state index contributed by atoms with van der Waals surface area (Å²) in [6, 6.07) is 17.7. The number of ketones is 1. The molecule has 0 atom stereocenters. The van der Waals surface area contributed by atoms with Gasteiger partial charge >= 0.3 is 0 Å². The van der Waals surface area contributed by atoms with Gasteiger partial charge in [0.15, 0.2) is 5.78 Å². The third-order valence-corrected chi connectivity index (χ3v) is 7.74. The zero-order chi connectivity index (χ0) is 23.5. The number of nitrogens with zero attached hydrogens (tertiary/aromatic N) is 1. The summed E-state index contributed by atoms with van der Waals surface area (Å²) in [5, 5.41) is 4.96. The number of fused-ring (bicyclic) bond motifs is 2. The predicted molar refractivity (Wildman–Crippen MR) is 136 cm³/mol. The first-order valence-electron chi connectivity index (χ1n) is 12.0. The van der Waals surface area contributed by atoms with Gasteiger partial charge in [0.25, 0.3) is 0 Å². The van der Waals surface area contributed by atoms with Gasteiger partial charge in [0.05, 0.1) is 5.75 Å². The third kappa shape index (κ3) is 4.47. The lowest BCUT2D eigenvalue weighted by Crippen LogP contribution is -2.34. The molecule has 2 aliphatic rings. The van der Waals surface area contributed by atoms with E-state index in [9.17, 15) is 14.4 Å². The maximum Gasteiger partial charge on any atom is 0.230 e. The van der Waals surface area contributed by atoms with Gasteiger partial charge in [0.2, 0.25) is 11.8 Å². The molecule has 0 spiro atoms. The van der Waals surface area contributed by atoms with Crippen LogP contribution in [0.4, 0.5) is 0 Å². The van der Waals surface area contributed by atoms with E-state index >= 15 is 0 Å². The molecule has 5 rings (SSSR count). The zero-order valence-electron chi connectivity index (χ0n) is 19.1. The molecule has 5 nitrogen and oxygen atoms in total.